The minimum atomic E-state index is 0.222. The molecule has 0 aromatic carbocycles. The molecule has 2 fully saturated rings. The maximum Gasteiger partial charge on any atom is 0.222 e. The summed E-state index contributed by atoms with van der Waals surface area (Å²) < 4.78 is 4.01. The Bertz CT molecular complexity index is 2210. The van der Waals surface area contributed by atoms with Crippen LogP contribution in [0.5, 0.6) is 0 Å². The summed E-state index contributed by atoms with van der Waals surface area (Å²) in [5, 5.41) is 3.31. The fourth-order valence-corrected chi connectivity index (χ4v) is 6.88. The second-order valence-electron chi connectivity index (χ2n) is 13.8. The van der Waals surface area contributed by atoms with Crippen LogP contribution in [0, 0.1) is 0 Å². The Labute approximate surface area is 304 Å². The fourth-order valence-electron chi connectivity index (χ4n) is 6.88. The summed E-state index contributed by atoms with van der Waals surface area (Å²) in [5.41, 5.74) is 10.9. The highest BCUT2D eigenvalue weighted by molar-refractivity contribution is 5.80. The van der Waals surface area contributed by atoms with Crippen molar-refractivity contribution in [2.24, 2.45) is 14.1 Å². The third-order valence-electron chi connectivity index (χ3n) is 10.5. The van der Waals surface area contributed by atoms with Crippen LogP contribution in [0.15, 0.2) is 61.7 Å². The van der Waals surface area contributed by atoms with E-state index in [2.05, 4.69) is 73.2 Å². The van der Waals surface area contributed by atoms with E-state index in [0.717, 1.165) is 89.8 Å². The van der Waals surface area contributed by atoms with E-state index in [1.54, 1.807) is 6.33 Å². The van der Waals surface area contributed by atoms with Gasteiger partial charge in [0.15, 0.2) is 0 Å². The largest absolute Gasteiger partial charge is 0.341 e. The number of imidazole rings is 2. The van der Waals surface area contributed by atoms with Gasteiger partial charge in [0.1, 0.15) is 22.7 Å². The molecule has 8 rings (SSSR count). The van der Waals surface area contributed by atoms with Crippen molar-refractivity contribution >= 4 is 51.0 Å². The monoisotopic (exact) mass is 700 g/mol. The van der Waals surface area contributed by atoms with Crippen LogP contribution in [0.1, 0.15) is 61.5 Å². The Balaban J connectivity index is 0.000000164. The molecule has 8 heterocycles. The van der Waals surface area contributed by atoms with Crippen molar-refractivity contribution in [2.45, 2.75) is 51.9 Å². The molecule has 0 bridgehead atoms. The number of carbonyl (C=O) groups is 1. The van der Waals surface area contributed by atoms with Crippen molar-refractivity contribution in [3.8, 4) is 0 Å². The van der Waals surface area contributed by atoms with Crippen molar-refractivity contribution in [2.75, 3.05) is 50.1 Å². The van der Waals surface area contributed by atoms with E-state index in [0.29, 0.717) is 18.3 Å². The number of amides is 1. The first-order chi connectivity index (χ1) is 25.2. The lowest BCUT2D eigenvalue weighted by Crippen LogP contribution is -2.48. The molecule has 1 amide bonds. The molecular formula is C39H48N12O. The number of nitrogens with zero attached hydrogens (tertiary/aromatic N) is 11. The number of hydrogen-bond donors (Lipinski definition) is 1. The van der Waals surface area contributed by atoms with Crippen molar-refractivity contribution < 1.29 is 4.79 Å². The zero-order chi connectivity index (χ0) is 36.5. The van der Waals surface area contributed by atoms with Gasteiger partial charge in [0.2, 0.25) is 5.91 Å². The lowest BCUT2D eigenvalue weighted by Gasteiger charge is -2.39. The molecule has 6 aromatic heterocycles. The van der Waals surface area contributed by atoms with Crippen molar-refractivity contribution in [3.05, 3.63) is 84.2 Å². The fraction of sp³-hybridized carbons (Fsp3) is 0.410. The molecule has 0 saturated carbocycles. The van der Waals surface area contributed by atoms with E-state index in [4.69, 9.17) is 9.97 Å². The number of rotatable bonds is 9. The quantitative estimate of drug-likeness (QED) is 0.209. The molecule has 2 saturated heterocycles. The third-order valence-corrected chi connectivity index (χ3v) is 10.5. The van der Waals surface area contributed by atoms with Gasteiger partial charge in [-0.3, -0.25) is 14.8 Å². The zero-order valence-corrected chi connectivity index (χ0v) is 31.2. The van der Waals surface area contributed by atoms with Gasteiger partial charge >= 0.3 is 0 Å². The number of pyridine rings is 4. The number of aromatic nitrogens is 8. The van der Waals surface area contributed by atoms with Crippen LogP contribution in [0.2, 0.25) is 0 Å². The highest BCUT2D eigenvalue weighted by Crippen LogP contribution is 2.33. The zero-order valence-electron chi connectivity index (χ0n) is 31.2. The molecule has 1 N–H and O–H groups in total. The second-order valence-corrected chi connectivity index (χ2v) is 13.8. The van der Waals surface area contributed by atoms with Gasteiger partial charge in [-0.2, -0.15) is 0 Å². The highest BCUT2D eigenvalue weighted by atomic mass is 16.2. The average Bonchev–Trinajstić information content (AvgIpc) is 3.70. The summed E-state index contributed by atoms with van der Waals surface area (Å²) in [7, 11) is 8.05. The normalized spacial score (nSPS) is 14.6. The van der Waals surface area contributed by atoms with Gasteiger partial charge in [-0.25, -0.2) is 19.9 Å². The smallest absolute Gasteiger partial charge is 0.222 e. The second kappa shape index (κ2) is 14.7. The van der Waals surface area contributed by atoms with Crippen molar-refractivity contribution in [3.63, 3.8) is 0 Å². The Morgan fingerprint density at radius 3 is 1.60 bits per heavy atom. The third kappa shape index (κ3) is 6.68. The lowest BCUT2D eigenvalue weighted by molar-refractivity contribution is -0.135. The molecule has 0 atom stereocenters. The summed E-state index contributed by atoms with van der Waals surface area (Å²) in [6.45, 7) is 9.86. The van der Waals surface area contributed by atoms with Crippen LogP contribution in [0.3, 0.4) is 0 Å². The molecule has 0 radical (unpaired) electrons. The molecule has 13 nitrogen and oxygen atoms in total. The average molecular weight is 701 g/mol. The Hall–Kier alpha value is -5.43. The maximum absolute atomic E-state index is 11.8. The summed E-state index contributed by atoms with van der Waals surface area (Å²) >= 11 is 0. The molecule has 0 spiro atoms. The Kier molecular flexibility index (Phi) is 9.87. The first-order valence-electron chi connectivity index (χ1n) is 18.2. The molecule has 6 aromatic rings. The van der Waals surface area contributed by atoms with Crippen LogP contribution in [0.4, 0.5) is 23.0 Å². The minimum Gasteiger partial charge on any atom is -0.341 e. The number of hydrogen-bond acceptors (Lipinski definition) is 10. The summed E-state index contributed by atoms with van der Waals surface area (Å²) in [6, 6.07) is 8.56. The van der Waals surface area contributed by atoms with Crippen molar-refractivity contribution in [1.82, 2.24) is 49.3 Å². The molecule has 2 aliphatic heterocycles. The number of nitrogens with one attached hydrogen (secondary N) is 1. The molecule has 13 heteroatoms. The molecule has 2 aliphatic rings. The lowest BCUT2D eigenvalue weighted by atomic mass is 9.93. The highest BCUT2D eigenvalue weighted by Gasteiger charge is 2.32. The van der Waals surface area contributed by atoms with E-state index < -0.39 is 0 Å². The van der Waals surface area contributed by atoms with E-state index >= 15 is 0 Å². The summed E-state index contributed by atoms with van der Waals surface area (Å²) in [4.78, 5) is 45.1. The molecule has 52 heavy (non-hydrogen) atoms. The number of anilines is 4. The van der Waals surface area contributed by atoms with Gasteiger partial charge in [-0.1, -0.05) is 20.8 Å². The Morgan fingerprint density at radius 2 is 1.17 bits per heavy atom. The standard InChI is InChI=1S/C21H26N6O.C18H22N6/c1-5-14-7-16(15-11-27(12-15)21(28)6-2)22-10-19(14)26(4)20-8-18-17(9-23-20)24-13-25(18)3;1-4-12-5-14(13-7-19-8-13)20-10-17(12)24(3)18-6-16-15(9-21-18)22-11-23(16)2/h7-10,13,15H,5-6,11-12H2,1-4H3;5-6,9-11,13,19H,4,7-8H2,1-3H3. The molecule has 270 valence electrons. The van der Waals surface area contributed by atoms with Gasteiger partial charge in [-0.05, 0) is 36.1 Å². The van der Waals surface area contributed by atoms with Crippen LogP contribution >= 0.6 is 0 Å². The van der Waals surface area contributed by atoms with Gasteiger partial charge in [-0.15, -0.1) is 0 Å². The van der Waals surface area contributed by atoms with Crippen LogP contribution in [-0.4, -0.2) is 90.1 Å². The molecule has 0 unspecified atom stereocenters. The van der Waals surface area contributed by atoms with E-state index in [9.17, 15) is 4.79 Å². The Morgan fingerprint density at radius 1 is 0.692 bits per heavy atom. The van der Waals surface area contributed by atoms with Gasteiger partial charge < -0.3 is 29.2 Å². The van der Waals surface area contributed by atoms with Crippen LogP contribution in [-0.2, 0) is 31.7 Å². The summed E-state index contributed by atoms with van der Waals surface area (Å²) in [5.74, 6) is 2.88. The summed E-state index contributed by atoms with van der Waals surface area (Å²) in [6.07, 6.45) is 13.6. The molecule has 0 aliphatic carbocycles. The number of likely N-dealkylation sites (tertiary alicyclic amines) is 1. The van der Waals surface area contributed by atoms with Gasteiger partial charge in [0.25, 0.3) is 0 Å². The van der Waals surface area contributed by atoms with Crippen LogP contribution in [0.25, 0.3) is 22.1 Å². The van der Waals surface area contributed by atoms with E-state index in [-0.39, 0.29) is 5.91 Å². The first-order valence-corrected chi connectivity index (χ1v) is 18.2. The predicted octanol–water partition coefficient (Wildman–Crippen LogP) is 5.41. The first kappa shape index (κ1) is 35.0. The molecular weight excluding hydrogens is 653 g/mol. The number of aryl methyl sites for hydroxylation is 4. The topological polar surface area (TPSA) is 126 Å². The van der Waals surface area contributed by atoms with E-state index in [1.165, 1.54) is 16.8 Å². The van der Waals surface area contributed by atoms with E-state index in [1.807, 2.05) is 80.3 Å². The maximum atomic E-state index is 11.8. The van der Waals surface area contributed by atoms with Gasteiger partial charge in [0.05, 0.1) is 59.9 Å². The SMILES string of the molecule is CCC(=O)N1CC(c2cc(CC)c(N(C)c3cc4c(cn3)ncn4C)cn2)C1.CCc1cc(C2CNC2)ncc1N(C)c1cc2c(cn1)ncn2C. The van der Waals surface area contributed by atoms with Crippen LogP contribution < -0.4 is 15.1 Å². The number of carbonyl (C=O) groups excluding carboxylic acids is 1. The predicted molar refractivity (Wildman–Crippen MR) is 206 cm³/mol. The van der Waals surface area contributed by atoms with Crippen molar-refractivity contribution in [1.29, 1.82) is 0 Å². The minimum absolute atomic E-state index is 0.222. The van der Waals surface area contributed by atoms with Gasteiger partial charge in [0, 0.05) is 96.1 Å². The number of fused-ring (bicyclic) bond motifs is 2.